The van der Waals surface area contributed by atoms with Crippen molar-refractivity contribution in [2.75, 3.05) is 0 Å². The molecular formula is C20H31N3O2. The van der Waals surface area contributed by atoms with E-state index in [1.807, 2.05) is 32.0 Å². The number of carbonyl (C=O) groups excluding carboxylic acids is 2. The molecule has 0 unspecified atom stereocenters. The number of carbonyl (C=O) groups is 2. The van der Waals surface area contributed by atoms with Crippen molar-refractivity contribution in [2.45, 2.75) is 65.5 Å². The van der Waals surface area contributed by atoms with Crippen LogP contribution >= 0.6 is 0 Å². The predicted octanol–water partition coefficient (Wildman–Crippen LogP) is 3.06. The lowest BCUT2D eigenvalue weighted by molar-refractivity contribution is -0.133. The fraction of sp³-hybridized carbons (Fsp3) is 0.650. The molecule has 25 heavy (non-hydrogen) atoms. The van der Waals surface area contributed by atoms with Gasteiger partial charge < -0.3 is 10.6 Å². The summed E-state index contributed by atoms with van der Waals surface area (Å²) >= 11 is 0. The van der Waals surface area contributed by atoms with Crippen LogP contribution in [0.5, 0.6) is 0 Å². The van der Waals surface area contributed by atoms with Crippen molar-refractivity contribution in [2.24, 2.45) is 17.8 Å². The summed E-state index contributed by atoms with van der Waals surface area (Å²) in [5, 5.41) is 5.93. The van der Waals surface area contributed by atoms with Gasteiger partial charge in [-0.1, -0.05) is 33.3 Å². The summed E-state index contributed by atoms with van der Waals surface area (Å²) in [6, 6.07) is 5.13. The Morgan fingerprint density at radius 3 is 2.56 bits per heavy atom. The average molecular weight is 345 g/mol. The smallest absolute Gasteiger partial charge is 0.243 e. The second kappa shape index (κ2) is 9.54. The van der Waals surface area contributed by atoms with Gasteiger partial charge in [-0.05, 0) is 49.7 Å². The van der Waals surface area contributed by atoms with Crippen molar-refractivity contribution in [1.82, 2.24) is 15.6 Å². The van der Waals surface area contributed by atoms with Crippen molar-refractivity contribution < 1.29 is 9.59 Å². The van der Waals surface area contributed by atoms with Crippen molar-refractivity contribution in [1.29, 1.82) is 0 Å². The van der Waals surface area contributed by atoms with E-state index in [0.717, 1.165) is 37.8 Å². The molecule has 2 atom stereocenters. The molecule has 1 aromatic heterocycles. The van der Waals surface area contributed by atoms with Crippen LogP contribution in [-0.4, -0.2) is 22.8 Å². The summed E-state index contributed by atoms with van der Waals surface area (Å²) < 4.78 is 0. The lowest BCUT2D eigenvalue weighted by Crippen LogP contribution is -2.51. The molecule has 0 radical (unpaired) electrons. The third kappa shape index (κ3) is 5.83. The number of hydrogen-bond acceptors (Lipinski definition) is 3. The summed E-state index contributed by atoms with van der Waals surface area (Å²) in [4.78, 5) is 29.5. The van der Waals surface area contributed by atoms with Crippen LogP contribution in [0.3, 0.4) is 0 Å². The zero-order chi connectivity index (χ0) is 18.2. The highest BCUT2D eigenvalue weighted by Crippen LogP contribution is 2.28. The molecule has 2 rings (SSSR count). The largest absolute Gasteiger partial charge is 0.349 e. The molecule has 0 bridgehead atoms. The molecule has 1 aliphatic rings. The molecule has 0 aliphatic heterocycles. The number of nitrogens with one attached hydrogen (secondary N) is 2. The highest BCUT2D eigenvalue weighted by Gasteiger charge is 2.30. The second-order valence-corrected chi connectivity index (χ2v) is 7.37. The third-order valence-electron chi connectivity index (χ3n) is 5.35. The molecule has 1 aliphatic carbocycles. The van der Waals surface area contributed by atoms with Crippen LogP contribution in [0, 0.1) is 17.8 Å². The Morgan fingerprint density at radius 1 is 1.24 bits per heavy atom. The first-order valence-corrected chi connectivity index (χ1v) is 9.49. The summed E-state index contributed by atoms with van der Waals surface area (Å²) in [7, 11) is 0. The first-order chi connectivity index (χ1) is 12.0. The van der Waals surface area contributed by atoms with E-state index in [-0.39, 0.29) is 23.7 Å². The van der Waals surface area contributed by atoms with Gasteiger partial charge in [0, 0.05) is 12.1 Å². The Labute approximate surface area is 151 Å². The van der Waals surface area contributed by atoms with Gasteiger partial charge in [0.2, 0.25) is 11.8 Å². The van der Waals surface area contributed by atoms with E-state index >= 15 is 0 Å². The minimum absolute atomic E-state index is 0.0326. The molecule has 1 saturated carbocycles. The highest BCUT2D eigenvalue weighted by atomic mass is 16.2. The van der Waals surface area contributed by atoms with E-state index in [4.69, 9.17) is 0 Å². The topological polar surface area (TPSA) is 71.1 Å². The molecule has 0 aromatic carbocycles. The van der Waals surface area contributed by atoms with Gasteiger partial charge in [0.15, 0.2) is 0 Å². The van der Waals surface area contributed by atoms with Crippen molar-refractivity contribution in [3.63, 3.8) is 0 Å². The minimum atomic E-state index is -0.486. The van der Waals surface area contributed by atoms with Gasteiger partial charge in [0.1, 0.15) is 6.04 Å². The number of amides is 2. The molecule has 1 fully saturated rings. The molecule has 2 N–H and O–H groups in total. The zero-order valence-electron chi connectivity index (χ0n) is 15.6. The molecule has 2 amide bonds. The molecule has 1 heterocycles. The van der Waals surface area contributed by atoms with Crippen LogP contribution in [0.2, 0.25) is 0 Å². The number of pyridine rings is 1. The van der Waals surface area contributed by atoms with E-state index < -0.39 is 6.04 Å². The standard InChI is InChI=1S/C20H31N3O2/c1-4-15(3)18(20(25)22-13-17-7-5-6-12-21-17)23-19(24)16-10-8-14(2)9-11-16/h5-7,12,14-16,18H,4,8-11,13H2,1-3H3,(H,22,25)(H,23,24)/t14?,15-,16?,18+/m0/s1. The normalized spacial score (nSPS) is 22.7. The minimum Gasteiger partial charge on any atom is -0.349 e. The Bertz CT molecular complexity index is 553. The van der Waals surface area contributed by atoms with Gasteiger partial charge in [-0.25, -0.2) is 0 Å². The average Bonchev–Trinajstić information content (AvgIpc) is 2.64. The fourth-order valence-electron chi connectivity index (χ4n) is 3.29. The number of rotatable bonds is 7. The molecule has 0 saturated heterocycles. The first kappa shape index (κ1) is 19.4. The summed E-state index contributed by atoms with van der Waals surface area (Å²) in [6.45, 7) is 6.66. The van der Waals surface area contributed by atoms with Gasteiger partial charge in [0.25, 0.3) is 0 Å². The molecule has 0 spiro atoms. The van der Waals surface area contributed by atoms with E-state index in [1.165, 1.54) is 0 Å². The van der Waals surface area contributed by atoms with Crippen molar-refractivity contribution in [3.05, 3.63) is 30.1 Å². The predicted molar refractivity (Wildman–Crippen MR) is 98.6 cm³/mol. The van der Waals surface area contributed by atoms with E-state index in [2.05, 4.69) is 22.5 Å². The van der Waals surface area contributed by atoms with Crippen LogP contribution in [0.4, 0.5) is 0 Å². The fourth-order valence-corrected chi connectivity index (χ4v) is 3.29. The van der Waals surface area contributed by atoms with Crippen LogP contribution in [-0.2, 0) is 16.1 Å². The maximum absolute atomic E-state index is 12.6. The van der Waals surface area contributed by atoms with Gasteiger partial charge >= 0.3 is 0 Å². The maximum Gasteiger partial charge on any atom is 0.243 e. The molecule has 5 nitrogen and oxygen atoms in total. The summed E-state index contributed by atoms with van der Waals surface area (Å²) in [5.41, 5.74) is 0.811. The van der Waals surface area contributed by atoms with Crippen LogP contribution < -0.4 is 10.6 Å². The molecular weight excluding hydrogens is 314 g/mol. The van der Waals surface area contributed by atoms with Gasteiger partial charge in [-0.2, -0.15) is 0 Å². The lowest BCUT2D eigenvalue weighted by Gasteiger charge is -2.29. The number of hydrogen-bond donors (Lipinski definition) is 2. The monoisotopic (exact) mass is 345 g/mol. The van der Waals surface area contributed by atoms with Crippen LogP contribution in [0.25, 0.3) is 0 Å². The third-order valence-corrected chi connectivity index (χ3v) is 5.35. The zero-order valence-corrected chi connectivity index (χ0v) is 15.6. The van der Waals surface area contributed by atoms with Crippen LogP contribution in [0.1, 0.15) is 58.6 Å². The van der Waals surface area contributed by atoms with Crippen molar-refractivity contribution >= 4 is 11.8 Å². The highest BCUT2D eigenvalue weighted by molar-refractivity contribution is 5.88. The Morgan fingerprint density at radius 2 is 1.96 bits per heavy atom. The van der Waals surface area contributed by atoms with Gasteiger partial charge in [-0.3, -0.25) is 14.6 Å². The molecule has 1 aromatic rings. The number of aromatic nitrogens is 1. The van der Waals surface area contributed by atoms with E-state index in [1.54, 1.807) is 6.20 Å². The number of nitrogens with zero attached hydrogens (tertiary/aromatic N) is 1. The summed E-state index contributed by atoms with van der Waals surface area (Å²) in [6.07, 6.45) is 6.59. The Hall–Kier alpha value is -1.91. The molecule has 5 heteroatoms. The Balaban J connectivity index is 1.93. The van der Waals surface area contributed by atoms with Crippen LogP contribution in [0.15, 0.2) is 24.4 Å². The maximum atomic E-state index is 12.6. The quantitative estimate of drug-likeness (QED) is 0.798. The lowest BCUT2D eigenvalue weighted by atomic mass is 9.82. The SMILES string of the molecule is CC[C@H](C)[C@@H](NC(=O)C1CCC(C)CC1)C(=O)NCc1ccccn1. The van der Waals surface area contributed by atoms with Gasteiger partial charge in [-0.15, -0.1) is 0 Å². The second-order valence-electron chi connectivity index (χ2n) is 7.37. The molecule has 138 valence electrons. The van der Waals surface area contributed by atoms with Crippen molar-refractivity contribution in [3.8, 4) is 0 Å². The first-order valence-electron chi connectivity index (χ1n) is 9.49. The van der Waals surface area contributed by atoms with E-state index in [9.17, 15) is 9.59 Å². The van der Waals surface area contributed by atoms with E-state index in [0.29, 0.717) is 12.5 Å². The Kier molecular flexibility index (Phi) is 7.41. The summed E-state index contributed by atoms with van der Waals surface area (Å²) in [5.74, 6) is 0.750. The van der Waals surface area contributed by atoms with Gasteiger partial charge in [0.05, 0.1) is 12.2 Å².